The number of rotatable bonds is 5. The first-order valence-corrected chi connectivity index (χ1v) is 8.67. The van der Waals surface area contributed by atoms with Gasteiger partial charge in [-0.3, -0.25) is 0 Å². The third-order valence-electron chi connectivity index (χ3n) is 4.26. The summed E-state index contributed by atoms with van der Waals surface area (Å²) < 4.78 is 12.0. The van der Waals surface area contributed by atoms with Crippen molar-refractivity contribution in [2.24, 2.45) is 0 Å². The van der Waals surface area contributed by atoms with Crippen molar-refractivity contribution in [2.75, 3.05) is 12.4 Å². The van der Waals surface area contributed by atoms with E-state index >= 15 is 0 Å². The van der Waals surface area contributed by atoms with E-state index in [1.165, 1.54) is 4.90 Å². The summed E-state index contributed by atoms with van der Waals surface area (Å²) >= 11 is 1.80. The van der Waals surface area contributed by atoms with Crippen LogP contribution in [0.5, 0.6) is 0 Å². The third-order valence-corrected chi connectivity index (χ3v) is 5.14. The van der Waals surface area contributed by atoms with Gasteiger partial charge in [-0.15, -0.1) is 11.8 Å². The van der Waals surface area contributed by atoms with Gasteiger partial charge in [0.2, 0.25) is 0 Å². The monoisotopic (exact) mass is 320 g/mol. The lowest BCUT2D eigenvalue weighted by molar-refractivity contribution is 0.00578. The van der Waals surface area contributed by atoms with E-state index in [9.17, 15) is 5.11 Å². The fraction of sp³-hybridized carbons (Fsp3) is 0.529. The molecule has 1 N–H and O–H groups in total. The molecule has 0 atom stereocenters. The molecule has 1 aromatic carbocycles. The van der Waals surface area contributed by atoms with Crippen LogP contribution in [-0.2, 0) is 9.31 Å². The van der Waals surface area contributed by atoms with Crippen molar-refractivity contribution in [3.8, 4) is 0 Å². The molecule has 1 fully saturated rings. The topological polar surface area (TPSA) is 38.7 Å². The fourth-order valence-electron chi connectivity index (χ4n) is 2.26. The average Bonchev–Trinajstić information content (AvgIpc) is 2.65. The number of hydrogen-bond acceptors (Lipinski definition) is 4. The molecular weight excluding hydrogens is 295 g/mol. The summed E-state index contributed by atoms with van der Waals surface area (Å²) in [5.74, 6) is 1.04. The molecule has 0 saturated carbocycles. The van der Waals surface area contributed by atoms with E-state index < -0.39 is 18.3 Å². The van der Waals surface area contributed by atoms with Crippen LogP contribution in [0.1, 0.15) is 40.2 Å². The molecule has 0 aliphatic carbocycles. The van der Waals surface area contributed by atoms with Crippen molar-refractivity contribution in [3.05, 3.63) is 35.3 Å². The highest BCUT2D eigenvalue weighted by atomic mass is 32.2. The summed E-state index contributed by atoms with van der Waals surface area (Å²) in [5.41, 5.74) is 1.01. The zero-order valence-electron chi connectivity index (χ0n) is 14.1. The molecule has 2 rings (SSSR count). The van der Waals surface area contributed by atoms with Crippen LogP contribution >= 0.6 is 11.8 Å². The molecule has 0 aromatic heterocycles. The quantitative estimate of drug-likeness (QED) is 0.661. The van der Waals surface area contributed by atoms with Gasteiger partial charge < -0.3 is 14.4 Å². The highest BCUT2D eigenvalue weighted by Crippen LogP contribution is 2.38. The second kappa shape index (κ2) is 6.79. The summed E-state index contributed by atoms with van der Waals surface area (Å²) in [4.78, 5) is 1.22. The number of aliphatic hydroxyl groups is 1. The van der Waals surface area contributed by atoms with Crippen LogP contribution in [0.15, 0.2) is 34.6 Å². The summed E-state index contributed by atoms with van der Waals surface area (Å²) in [6, 6.07) is 8.28. The van der Waals surface area contributed by atoms with E-state index in [1.54, 1.807) is 11.8 Å². The van der Waals surface area contributed by atoms with Crippen LogP contribution < -0.4 is 0 Å². The Kier molecular flexibility index (Phi) is 5.43. The minimum atomic E-state index is -0.502. The molecule has 0 spiro atoms. The summed E-state index contributed by atoms with van der Waals surface area (Å²) in [6.45, 7) is 10.1. The van der Waals surface area contributed by atoms with Gasteiger partial charge in [0.1, 0.15) is 0 Å². The van der Waals surface area contributed by atoms with Crippen LogP contribution in [0, 0.1) is 0 Å². The maximum Gasteiger partial charge on any atom is 0.492 e. The Balaban J connectivity index is 2.23. The largest absolute Gasteiger partial charge is 0.492 e. The van der Waals surface area contributed by atoms with Crippen molar-refractivity contribution in [1.82, 2.24) is 0 Å². The molecule has 1 aromatic rings. The van der Waals surface area contributed by atoms with Crippen molar-refractivity contribution in [1.29, 1.82) is 0 Å². The fourth-order valence-corrected chi connectivity index (χ4v) is 2.99. The van der Waals surface area contributed by atoms with Gasteiger partial charge in [0.05, 0.1) is 17.8 Å². The predicted octanol–water partition coefficient (Wildman–Crippen LogP) is 3.81. The highest BCUT2D eigenvalue weighted by Gasteiger charge is 2.52. The van der Waals surface area contributed by atoms with Gasteiger partial charge in [-0.2, -0.15) is 0 Å². The molecule has 22 heavy (non-hydrogen) atoms. The van der Waals surface area contributed by atoms with E-state index in [0.29, 0.717) is 0 Å². The van der Waals surface area contributed by atoms with Gasteiger partial charge >= 0.3 is 7.12 Å². The first kappa shape index (κ1) is 17.6. The van der Waals surface area contributed by atoms with Gasteiger partial charge in [0.15, 0.2) is 0 Å². The lowest BCUT2D eigenvalue weighted by Crippen LogP contribution is -2.41. The van der Waals surface area contributed by atoms with Gasteiger partial charge in [0.25, 0.3) is 0 Å². The molecule has 120 valence electrons. The lowest BCUT2D eigenvalue weighted by atomic mass is 9.77. The second-order valence-electron chi connectivity index (χ2n) is 6.47. The van der Waals surface area contributed by atoms with Gasteiger partial charge in [-0.1, -0.05) is 25.1 Å². The van der Waals surface area contributed by atoms with Gasteiger partial charge in [0, 0.05) is 4.90 Å². The molecular formula is C17H25BO3S. The first-order chi connectivity index (χ1) is 10.3. The van der Waals surface area contributed by atoms with E-state index in [-0.39, 0.29) is 6.61 Å². The zero-order valence-corrected chi connectivity index (χ0v) is 14.9. The zero-order chi connectivity index (χ0) is 16.4. The Morgan fingerprint density at radius 1 is 1.23 bits per heavy atom. The maximum atomic E-state index is 9.73. The minimum Gasteiger partial charge on any atom is -0.400 e. The molecule has 0 bridgehead atoms. The minimum absolute atomic E-state index is 0.0814. The predicted molar refractivity (Wildman–Crippen MR) is 94.0 cm³/mol. The van der Waals surface area contributed by atoms with E-state index in [1.807, 2.05) is 45.9 Å². The van der Waals surface area contributed by atoms with Gasteiger partial charge in [-0.25, -0.2) is 0 Å². The Labute approximate surface area is 138 Å². The number of hydrogen-bond donors (Lipinski definition) is 1. The standard InChI is InChI=1S/C17H25BO3S/c1-6-22-15-9-7-8-13(11-15)10-14(12-19)18-20-16(2,3)17(4,5)21-18/h7-11,19H,6,12H2,1-5H3. The SMILES string of the molecule is CCSc1cccc(C=C(CO)B2OC(C)(C)C(C)(C)O2)c1. The van der Waals surface area contributed by atoms with Crippen LogP contribution in [-0.4, -0.2) is 35.8 Å². The Morgan fingerprint density at radius 2 is 1.86 bits per heavy atom. The van der Waals surface area contributed by atoms with Crippen LogP contribution in [0.4, 0.5) is 0 Å². The summed E-state index contributed by atoms with van der Waals surface area (Å²) in [6.07, 6.45) is 1.96. The molecule has 1 aliphatic rings. The van der Waals surface area contributed by atoms with E-state index in [4.69, 9.17) is 9.31 Å². The van der Waals surface area contributed by atoms with Crippen molar-refractivity contribution in [3.63, 3.8) is 0 Å². The van der Waals surface area contributed by atoms with Gasteiger partial charge in [-0.05, 0) is 56.6 Å². The molecule has 1 saturated heterocycles. The molecule has 1 aliphatic heterocycles. The molecule has 1 heterocycles. The number of benzene rings is 1. The van der Waals surface area contributed by atoms with Crippen molar-refractivity contribution < 1.29 is 14.4 Å². The van der Waals surface area contributed by atoms with Crippen molar-refractivity contribution >= 4 is 25.0 Å². The summed E-state index contributed by atoms with van der Waals surface area (Å²) in [7, 11) is -0.502. The van der Waals surface area contributed by atoms with Crippen molar-refractivity contribution in [2.45, 2.75) is 50.7 Å². The molecule has 0 radical (unpaired) electrons. The van der Waals surface area contributed by atoms with E-state index in [2.05, 4.69) is 19.1 Å². The number of thioether (sulfide) groups is 1. The lowest BCUT2D eigenvalue weighted by Gasteiger charge is -2.32. The Morgan fingerprint density at radius 3 is 2.41 bits per heavy atom. The second-order valence-corrected chi connectivity index (χ2v) is 7.81. The van der Waals surface area contributed by atoms with Crippen LogP contribution in [0.3, 0.4) is 0 Å². The van der Waals surface area contributed by atoms with E-state index in [0.717, 1.165) is 16.8 Å². The average molecular weight is 320 g/mol. The van der Waals surface area contributed by atoms with Crippen LogP contribution in [0.2, 0.25) is 0 Å². The maximum absolute atomic E-state index is 9.73. The summed E-state index contributed by atoms with van der Waals surface area (Å²) in [5, 5.41) is 9.73. The molecule has 5 heteroatoms. The molecule has 0 unspecified atom stereocenters. The van der Waals surface area contributed by atoms with Crippen LogP contribution in [0.25, 0.3) is 6.08 Å². The number of aliphatic hydroxyl groups excluding tert-OH is 1. The smallest absolute Gasteiger partial charge is 0.400 e. The Hall–Kier alpha value is -0.745. The highest BCUT2D eigenvalue weighted by molar-refractivity contribution is 7.99. The molecule has 3 nitrogen and oxygen atoms in total. The first-order valence-electron chi connectivity index (χ1n) is 7.69. The third kappa shape index (κ3) is 3.77. The Bertz CT molecular complexity index is 539. The molecule has 0 amide bonds. The normalized spacial score (nSPS) is 20.5.